The first-order valence-electron chi connectivity index (χ1n) is 7.41. The van der Waals surface area contributed by atoms with Gasteiger partial charge < -0.3 is 9.30 Å². The van der Waals surface area contributed by atoms with Gasteiger partial charge in [0.2, 0.25) is 0 Å². The predicted molar refractivity (Wildman–Crippen MR) is 82.2 cm³/mol. The molecule has 0 aliphatic heterocycles. The maximum absolute atomic E-state index is 6.03. The fourth-order valence-electron chi connectivity index (χ4n) is 3.00. The highest BCUT2D eigenvalue weighted by atomic mass is 35.5. The van der Waals surface area contributed by atoms with Crippen molar-refractivity contribution < 1.29 is 4.74 Å². The summed E-state index contributed by atoms with van der Waals surface area (Å²) >= 11 is 6.03. The zero-order valence-electron chi connectivity index (χ0n) is 11.9. The molecule has 0 N–H and O–H groups in total. The number of imidazole rings is 1. The van der Waals surface area contributed by atoms with Crippen LogP contribution < -0.4 is 0 Å². The lowest BCUT2D eigenvalue weighted by Gasteiger charge is -2.13. The number of rotatable bonds is 5. The van der Waals surface area contributed by atoms with E-state index < -0.39 is 0 Å². The highest BCUT2D eigenvalue weighted by Crippen LogP contribution is 2.22. The third kappa shape index (κ3) is 2.84. The Bertz CT molecular complexity index is 587. The summed E-state index contributed by atoms with van der Waals surface area (Å²) in [6.07, 6.45) is 5.51. The van der Waals surface area contributed by atoms with Gasteiger partial charge >= 0.3 is 0 Å². The number of ether oxygens (including phenoxy) is 1. The van der Waals surface area contributed by atoms with Crippen molar-refractivity contribution in [2.45, 2.75) is 51.1 Å². The van der Waals surface area contributed by atoms with Gasteiger partial charge in [-0.05, 0) is 37.5 Å². The van der Waals surface area contributed by atoms with Crippen LogP contribution >= 0.6 is 11.6 Å². The van der Waals surface area contributed by atoms with Gasteiger partial charge in [0.15, 0.2) is 0 Å². The Labute approximate surface area is 124 Å². The van der Waals surface area contributed by atoms with Crippen molar-refractivity contribution >= 4 is 22.6 Å². The lowest BCUT2D eigenvalue weighted by Crippen LogP contribution is -2.14. The summed E-state index contributed by atoms with van der Waals surface area (Å²) in [5.74, 6) is 1.37. The standard InChI is InChI=1S/C16H21ClN2O/c1-12-6-7-14-15(10-12)19(16(11-17)18-14)8-9-20-13-4-2-3-5-13/h6-7,10,13H,2-5,8-9,11H2,1H3. The Hall–Kier alpha value is -1.06. The van der Waals surface area contributed by atoms with Crippen LogP contribution in [0.5, 0.6) is 0 Å². The van der Waals surface area contributed by atoms with Crippen LogP contribution in [0.2, 0.25) is 0 Å². The van der Waals surface area contributed by atoms with E-state index in [1.807, 2.05) is 0 Å². The van der Waals surface area contributed by atoms with Crippen LogP contribution in [-0.4, -0.2) is 22.3 Å². The first-order valence-corrected chi connectivity index (χ1v) is 7.94. The molecular weight excluding hydrogens is 272 g/mol. The van der Waals surface area contributed by atoms with Crippen molar-refractivity contribution in [1.29, 1.82) is 0 Å². The molecular formula is C16H21ClN2O. The maximum Gasteiger partial charge on any atom is 0.124 e. The monoisotopic (exact) mass is 292 g/mol. The Morgan fingerprint density at radius 3 is 2.90 bits per heavy atom. The first kappa shape index (κ1) is 13.9. The Morgan fingerprint density at radius 1 is 1.35 bits per heavy atom. The molecule has 0 spiro atoms. The molecule has 0 amide bonds. The van der Waals surface area contributed by atoms with Gasteiger partial charge in [-0.1, -0.05) is 18.9 Å². The average molecular weight is 293 g/mol. The van der Waals surface area contributed by atoms with Crippen LogP contribution in [-0.2, 0) is 17.2 Å². The molecule has 1 aliphatic carbocycles. The minimum absolute atomic E-state index is 0.442. The van der Waals surface area contributed by atoms with Crippen molar-refractivity contribution in [3.05, 3.63) is 29.6 Å². The van der Waals surface area contributed by atoms with E-state index in [1.165, 1.54) is 31.2 Å². The van der Waals surface area contributed by atoms with E-state index in [1.54, 1.807) is 0 Å². The maximum atomic E-state index is 6.03. The second kappa shape index (κ2) is 6.15. The van der Waals surface area contributed by atoms with Crippen molar-refractivity contribution in [3.63, 3.8) is 0 Å². The van der Waals surface area contributed by atoms with Crippen LogP contribution in [0.4, 0.5) is 0 Å². The lowest BCUT2D eigenvalue weighted by atomic mass is 10.2. The third-order valence-electron chi connectivity index (χ3n) is 4.07. The quantitative estimate of drug-likeness (QED) is 0.778. The summed E-state index contributed by atoms with van der Waals surface area (Å²) in [7, 11) is 0. The van der Waals surface area contributed by atoms with Crippen LogP contribution in [0.15, 0.2) is 18.2 Å². The van der Waals surface area contributed by atoms with Crippen molar-refractivity contribution in [1.82, 2.24) is 9.55 Å². The average Bonchev–Trinajstić information content (AvgIpc) is 3.07. The van der Waals surface area contributed by atoms with E-state index in [0.717, 1.165) is 30.0 Å². The number of hydrogen-bond acceptors (Lipinski definition) is 2. The predicted octanol–water partition coefficient (Wildman–Crippen LogP) is 4.04. The van der Waals surface area contributed by atoms with Crippen molar-refractivity contribution in [2.24, 2.45) is 0 Å². The van der Waals surface area contributed by atoms with Crippen molar-refractivity contribution in [3.8, 4) is 0 Å². The largest absolute Gasteiger partial charge is 0.376 e. The summed E-state index contributed by atoms with van der Waals surface area (Å²) in [5, 5.41) is 0. The lowest BCUT2D eigenvalue weighted by molar-refractivity contribution is 0.0532. The second-order valence-corrected chi connectivity index (χ2v) is 5.85. The van der Waals surface area contributed by atoms with Crippen LogP contribution in [0.25, 0.3) is 11.0 Å². The SMILES string of the molecule is Cc1ccc2nc(CCl)n(CCOC3CCCC3)c2c1. The molecule has 0 saturated heterocycles. The van der Waals surface area contributed by atoms with Gasteiger partial charge in [0.25, 0.3) is 0 Å². The van der Waals surface area contributed by atoms with E-state index in [9.17, 15) is 0 Å². The highest BCUT2D eigenvalue weighted by molar-refractivity contribution is 6.16. The summed E-state index contributed by atoms with van der Waals surface area (Å²) < 4.78 is 8.16. The molecule has 1 saturated carbocycles. The molecule has 3 nitrogen and oxygen atoms in total. The number of halogens is 1. The number of aromatic nitrogens is 2. The molecule has 1 heterocycles. The normalized spacial score (nSPS) is 16.3. The highest BCUT2D eigenvalue weighted by Gasteiger charge is 2.16. The van der Waals surface area contributed by atoms with Crippen LogP contribution in [0.1, 0.15) is 37.1 Å². The zero-order valence-corrected chi connectivity index (χ0v) is 12.7. The van der Waals surface area contributed by atoms with Gasteiger partial charge in [-0.2, -0.15) is 0 Å². The number of aryl methyl sites for hydroxylation is 1. The minimum atomic E-state index is 0.442. The van der Waals surface area contributed by atoms with Gasteiger partial charge in [-0.25, -0.2) is 4.98 Å². The Morgan fingerprint density at radius 2 is 2.15 bits per heavy atom. The van der Waals surface area contributed by atoms with Crippen molar-refractivity contribution in [2.75, 3.05) is 6.61 Å². The van der Waals surface area contributed by atoms with Gasteiger partial charge in [-0.15, -0.1) is 11.6 Å². The molecule has 20 heavy (non-hydrogen) atoms. The molecule has 0 radical (unpaired) electrons. The summed E-state index contributed by atoms with van der Waals surface area (Å²) in [4.78, 5) is 4.60. The second-order valence-electron chi connectivity index (χ2n) is 5.58. The third-order valence-corrected chi connectivity index (χ3v) is 4.31. The minimum Gasteiger partial charge on any atom is -0.376 e. The Balaban J connectivity index is 1.76. The summed E-state index contributed by atoms with van der Waals surface area (Å²) in [6.45, 7) is 3.68. The number of fused-ring (bicyclic) bond motifs is 1. The molecule has 1 aliphatic rings. The van der Waals surface area contributed by atoms with Crippen LogP contribution in [0, 0.1) is 6.92 Å². The van der Waals surface area contributed by atoms with Gasteiger partial charge in [0, 0.05) is 6.54 Å². The molecule has 1 aromatic heterocycles. The molecule has 108 valence electrons. The van der Waals surface area contributed by atoms with E-state index in [-0.39, 0.29) is 0 Å². The van der Waals surface area contributed by atoms with E-state index in [0.29, 0.717) is 12.0 Å². The summed E-state index contributed by atoms with van der Waals surface area (Å²) in [5.41, 5.74) is 3.43. The Kier molecular flexibility index (Phi) is 4.27. The van der Waals surface area contributed by atoms with E-state index in [4.69, 9.17) is 16.3 Å². The molecule has 1 aromatic carbocycles. The van der Waals surface area contributed by atoms with E-state index >= 15 is 0 Å². The zero-order chi connectivity index (χ0) is 13.9. The first-order chi connectivity index (χ1) is 9.78. The molecule has 4 heteroatoms. The molecule has 0 unspecified atom stereocenters. The van der Waals surface area contributed by atoms with Gasteiger partial charge in [0.05, 0.1) is 29.6 Å². The number of hydrogen-bond donors (Lipinski definition) is 0. The molecule has 2 aromatic rings. The molecule has 1 fully saturated rings. The number of nitrogens with zero attached hydrogens (tertiary/aromatic N) is 2. The van der Waals surface area contributed by atoms with Gasteiger partial charge in [-0.3, -0.25) is 0 Å². The molecule has 0 atom stereocenters. The number of alkyl halides is 1. The topological polar surface area (TPSA) is 27.1 Å². The number of benzene rings is 1. The fraction of sp³-hybridized carbons (Fsp3) is 0.562. The smallest absolute Gasteiger partial charge is 0.124 e. The van der Waals surface area contributed by atoms with Crippen LogP contribution in [0.3, 0.4) is 0 Å². The van der Waals surface area contributed by atoms with Gasteiger partial charge in [0.1, 0.15) is 5.82 Å². The van der Waals surface area contributed by atoms with E-state index in [2.05, 4.69) is 34.7 Å². The summed E-state index contributed by atoms with van der Waals surface area (Å²) in [6, 6.07) is 6.33. The fourth-order valence-corrected chi connectivity index (χ4v) is 3.20. The molecule has 3 rings (SSSR count). The molecule has 0 bridgehead atoms.